The fraction of sp³-hybridized carbons (Fsp3) is 0.696. The summed E-state index contributed by atoms with van der Waals surface area (Å²) in [5.41, 5.74) is -1.11. The van der Waals surface area contributed by atoms with Crippen LogP contribution in [0.15, 0.2) is 12.3 Å². The van der Waals surface area contributed by atoms with E-state index in [4.69, 9.17) is 9.47 Å². The molecule has 5 nitrogen and oxygen atoms in total. The van der Waals surface area contributed by atoms with Gasteiger partial charge in [-0.3, -0.25) is 14.6 Å². The summed E-state index contributed by atoms with van der Waals surface area (Å²) >= 11 is 0. The highest BCUT2D eigenvalue weighted by atomic mass is 19.4. The molecule has 2 aliphatic rings. The molecule has 0 saturated heterocycles. The maximum atomic E-state index is 13.0. The molecule has 3 rings (SSSR count). The minimum absolute atomic E-state index is 0.00663. The fourth-order valence-electron chi connectivity index (χ4n) is 3.62. The summed E-state index contributed by atoms with van der Waals surface area (Å²) in [5.74, 6) is -0.320. The van der Waals surface area contributed by atoms with Gasteiger partial charge in [-0.05, 0) is 58.8 Å². The first kappa shape index (κ1) is 23.5. The Morgan fingerprint density at radius 2 is 1.74 bits per heavy atom. The van der Waals surface area contributed by atoms with Crippen LogP contribution in [0.25, 0.3) is 0 Å². The van der Waals surface area contributed by atoms with E-state index < -0.39 is 35.6 Å². The van der Waals surface area contributed by atoms with Crippen molar-refractivity contribution in [3.63, 3.8) is 0 Å². The lowest BCUT2D eigenvalue weighted by atomic mass is 9.79. The molecule has 0 aromatic carbocycles. The number of carbonyl (C=O) groups is 2. The van der Waals surface area contributed by atoms with E-state index in [1.807, 2.05) is 0 Å². The molecule has 172 valence electrons. The van der Waals surface area contributed by atoms with Gasteiger partial charge in [-0.2, -0.15) is 13.2 Å². The van der Waals surface area contributed by atoms with Gasteiger partial charge in [0.25, 0.3) is 0 Å². The Morgan fingerprint density at radius 3 is 2.26 bits per heavy atom. The quantitative estimate of drug-likeness (QED) is 0.368. The van der Waals surface area contributed by atoms with Crippen LogP contribution in [0.3, 0.4) is 0 Å². The summed E-state index contributed by atoms with van der Waals surface area (Å²) < 4.78 is 48.6. The van der Waals surface area contributed by atoms with E-state index >= 15 is 0 Å². The van der Waals surface area contributed by atoms with Crippen molar-refractivity contribution in [3.8, 4) is 5.75 Å². The van der Waals surface area contributed by atoms with Crippen LogP contribution >= 0.6 is 0 Å². The molecule has 2 saturated carbocycles. The van der Waals surface area contributed by atoms with Crippen LogP contribution in [-0.4, -0.2) is 35.1 Å². The maximum Gasteiger partial charge on any atom is 0.422 e. The highest BCUT2D eigenvalue weighted by Gasteiger charge is 2.43. The summed E-state index contributed by atoms with van der Waals surface area (Å²) in [7, 11) is 0. The number of aromatic nitrogens is 1. The Kier molecular flexibility index (Phi) is 6.40. The number of halogens is 3. The van der Waals surface area contributed by atoms with E-state index in [1.165, 1.54) is 12.3 Å². The number of ether oxygens (including phenoxy) is 2. The van der Waals surface area contributed by atoms with Gasteiger partial charge in [0.05, 0.1) is 5.41 Å². The number of ketones is 1. The first-order chi connectivity index (χ1) is 14.3. The Balaban J connectivity index is 1.80. The Labute approximate surface area is 180 Å². The van der Waals surface area contributed by atoms with Gasteiger partial charge in [0, 0.05) is 24.2 Å². The Hall–Kier alpha value is -2.12. The van der Waals surface area contributed by atoms with Crippen molar-refractivity contribution in [3.05, 3.63) is 23.5 Å². The number of pyridine rings is 1. The number of hydrogen-bond acceptors (Lipinski definition) is 5. The van der Waals surface area contributed by atoms with Gasteiger partial charge in [-0.1, -0.05) is 12.8 Å². The molecule has 2 aliphatic carbocycles. The van der Waals surface area contributed by atoms with Crippen LogP contribution in [0.2, 0.25) is 0 Å². The molecule has 0 radical (unpaired) electrons. The van der Waals surface area contributed by atoms with Crippen molar-refractivity contribution in [1.29, 1.82) is 0 Å². The molecule has 8 heteroatoms. The fourth-order valence-corrected chi connectivity index (χ4v) is 3.62. The molecular weight excluding hydrogens is 411 g/mol. The Bertz CT molecular complexity index is 838. The second kappa shape index (κ2) is 8.43. The molecule has 31 heavy (non-hydrogen) atoms. The van der Waals surface area contributed by atoms with E-state index in [2.05, 4.69) is 4.98 Å². The highest BCUT2D eigenvalue weighted by molar-refractivity contribution is 5.98. The SMILES string of the molecule is CC(C)(C)OC(=O)C(C)(CC(=O)c1cc(OCC(F)(F)F)c(C2CC2)cn1)CC1CC1. The number of nitrogens with zero attached hydrogens (tertiary/aromatic N) is 1. The third kappa shape index (κ3) is 6.94. The standard InChI is InChI=1S/C23H30F3NO4/c1-21(2,3)31-20(29)22(4,10-14-5-6-14)11-18(28)17-9-19(30-13-23(24,25)26)16(12-27-17)15-7-8-15/h9,12,14-15H,5-8,10-11,13H2,1-4H3. The lowest BCUT2D eigenvalue weighted by molar-refractivity contribution is -0.167. The van der Waals surface area contributed by atoms with Gasteiger partial charge in [0.15, 0.2) is 12.4 Å². The van der Waals surface area contributed by atoms with Crippen LogP contribution < -0.4 is 4.74 Å². The van der Waals surface area contributed by atoms with Gasteiger partial charge < -0.3 is 9.47 Å². The lowest BCUT2D eigenvalue weighted by Gasteiger charge is -2.31. The largest absolute Gasteiger partial charge is 0.484 e. The Morgan fingerprint density at radius 1 is 1.10 bits per heavy atom. The van der Waals surface area contributed by atoms with Crippen LogP contribution in [0, 0.1) is 11.3 Å². The van der Waals surface area contributed by atoms with Crippen LogP contribution in [0.4, 0.5) is 13.2 Å². The maximum absolute atomic E-state index is 13.0. The summed E-state index contributed by atoms with van der Waals surface area (Å²) in [6, 6.07) is 1.29. The summed E-state index contributed by atoms with van der Waals surface area (Å²) in [4.78, 5) is 30.1. The number of Topliss-reactive ketones (excluding diaryl/α,β-unsaturated/α-hetero) is 1. The van der Waals surface area contributed by atoms with E-state index in [0.717, 1.165) is 25.7 Å². The first-order valence-corrected chi connectivity index (χ1v) is 10.7. The molecule has 0 N–H and O–H groups in total. The highest BCUT2D eigenvalue weighted by Crippen LogP contribution is 2.46. The van der Waals surface area contributed by atoms with Crippen molar-refractivity contribution in [2.45, 2.75) is 83.9 Å². The third-order valence-corrected chi connectivity index (χ3v) is 5.47. The zero-order valence-electron chi connectivity index (χ0n) is 18.5. The number of carbonyl (C=O) groups excluding carboxylic acids is 2. The van der Waals surface area contributed by atoms with Crippen molar-refractivity contribution in [1.82, 2.24) is 4.98 Å². The van der Waals surface area contributed by atoms with E-state index in [0.29, 0.717) is 17.9 Å². The van der Waals surface area contributed by atoms with Crippen LogP contribution in [0.1, 0.15) is 88.2 Å². The number of alkyl halides is 3. The van der Waals surface area contributed by atoms with E-state index in [1.54, 1.807) is 27.7 Å². The van der Waals surface area contributed by atoms with Crippen molar-refractivity contribution >= 4 is 11.8 Å². The topological polar surface area (TPSA) is 65.5 Å². The molecule has 1 aromatic heterocycles. The first-order valence-electron chi connectivity index (χ1n) is 10.7. The molecule has 0 amide bonds. The molecule has 1 heterocycles. The molecule has 1 atom stereocenters. The van der Waals surface area contributed by atoms with Crippen molar-refractivity contribution < 1.29 is 32.2 Å². The molecule has 2 fully saturated rings. The zero-order chi connectivity index (χ0) is 23.0. The lowest BCUT2D eigenvalue weighted by Crippen LogP contribution is -2.38. The van der Waals surface area contributed by atoms with Gasteiger partial charge in [-0.15, -0.1) is 0 Å². The monoisotopic (exact) mass is 441 g/mol. The predicted molar refractivity (Wildman–Crippen MR) is 108 cm³/mol. The average Bonchev–Trinajstić information content (AvgIpc) is 3.52. The number of esters is 1. The molecular formula is C23H30F3NO4. The minimum atomic E-state index is -4.48. The minimum Gasteiger partial charge on any atom is -0.484 e. The molecule has 0 spiro atoms. The van der Waals surface area contributed by atoms with Gasteiger partial charge in [0.2, 0.25) is 0 Å². The molecule has 1 unspecified atom stereocenters. The van der Waals surface area contributed by atoms with Gasteiger partial charge >= 0.3 is 12.1 Å². The van der Waals surface area contributed by atoms with E-state index in [9.17, 15) is 22.8 Å². The summed E-state index contributed by atoms with van der Waals surface area (Å²) in [5, 5.41) is 0. The number of hydrogen-bond donors (Lipinski definition) is 0. The van der Waals surface area contributed by atoms with Crippen LogP contribution in [0.5, 0.6) is 5.75 Å². The van der Waals surface area contributed by atoms with E-state index in [-0.39, 0.29) is 23.8 Å². The second-order valence-electron chi connectivity index (χ2n) is 10.1. The second-order valence-corrected chi connectivity index (χ2v) is 10.1. The zero-order valence-corrected chi connectivity index (χ0v) is 18.5. The smallest absolute Gasteiger partial charge is 0.422 e. The predicted octanol–water partition coefficient (Wildman–Crippen LogP) is 5.62. The summed E-state index contributed by atoms with van der Waals surface area (Å²) in [6.45, 7) is 5.60. The van der Waals surface area contributed by atoms with Gasteiger partial charge in [-0.25, -0.2) is 0 Å². The van der Waals surface area contributed by atoms with Crippen LogP contribution in [-0.2, 0) is 9.53 Å². The molecule has 0 bridgehead atoms. The number of rotatable bonds is 9. The molecule has 1 aromatic rings. The van der Waals surface area contributed by atoms with Crippen molar-refractivity contribution in [2.75, 3.05) is 6.61 Å². The summed E-state index contributed by atoms with van der Waals surface area (Å²) in [6.07, 6.45) is 1.10. The third-order valence-electron chi connectivity index (χ3n) is 5.47. The van der Waals surface area contributed by atoms with Crippen molar-refractivity contribution in [2.24, 2.45) is 11.3 Å². The molecule has 0 aliphatic heterocycles. The average molecular weight is 441 g/mol. The van der Waals surface area contributed by atoms with Gasteiger partial charge in [0.1, 0.15) is 17.0 Å². The normalized spacial score (nSPS) is 18.9.